The number of rotatable bonds is 4. The minimum atomic E-state index is -0.729. The van der Waals surface area contributed by atoms with E-state index in [1.54, 1.807) is 37.3 Å². The number of carbonyl (C=O) groups excluding carboxylic acids is 2. The molecule has 0 aromatic heterocycles. The Labute approximate surface area is 130 Å². The van der Waals surface area contributed by atoms with Crippen LogP contribution in [-0.4, -0.2) is 17.9 Å². The lowest BCUT2D eigenvalue weighted by molar-refractivity contribution is -0.136. The van der Waals surface area contributed by atoms with Crippen LogP contribution in [0.2, 0.25) is 0 Å². The standard InChI is InChI=1S/C18H19NO3/c1-12-9-10-13(2)16(11-12)22-18(21)14(3)19-17(20)15-7-5-4-6-8-15/h4-11,14H,1-3H3,(H,19,20). The molecule has 0 saturated carbocycles. The van der Waals surface area contributed by atoms with Crippen LogP contribution in [0.15, 0.2) is 48.5 Å². The van der Waals surface area contributed by atoms with Gasteiger partial charge >= 0.3 is 5.97 Å². The van der Waals surface area contributed by atoms with Gasteiger partial charge in [-0.25, -0.2) is 4.79 Å². The van der Waals surface area contributed by atoms with Gasteiger partial charge in [0.05, 0.1) is 0 Å². The number of esters is 1. The minimum absolute atomic E-state index is 0.300. The van der Waals surface area contributed by atoms with Crippen LogP contribution in [0.4, 0.5) is 0 Å². The lowest BCUT2D eigenvalue weighted by Crippen LogP contribution is -2.40. The van der Waals surface area contributed by atoms with E-state index in [0.717, 1.165) is 11.1 Å². The number of nitrogens with one attached hydrogen (secondary N) is 1. The van der Waals surface area contributed by atoms with Crippen LogP contribution in [0.1, 0.15) is 28.4 Å². The number of benzene rings is 2. The molecule has 2 aromatic rings. The first-order valence-electron chi connectivity index (χ1n) is 7.12. The fourth-order valence-corrected chi connectivity index (χ4v) is 1.94. The van der Waals surface area contributed by atoms with Crippen LogP contribution in [0, 0.1) is 13.8 Å². The van der Waals surface area contributed by atoms with Crippen LogP contribution in [0.3, 0.4) is 0 Å². The van der Waals surface area contributed by atoms with E-state index in [-0.39, 0.29) is 5.91 Å². The van der Waals surface area contributed by atoms with Gasteiger partial charge in [-0.15, -0.1) is 0 Å². The normalized spacial score (nSPS) is 11.6. The molecule has 1 amide bonds. The fourth-order valence-electron chi connectivity index (χ4n) is 1.94. The van der Waals surface area contributed by atoms with Crippen molar-refractivity contribution in [2.75, 3.05) is 0 Å². The Morgan fingerprint density at radius 3 is 2.41 bits per heavy atom. The van der Waals surface area contributed by atoms with Crippen molar-refractivity contribution in [3.05, 3.63) is 65.2 Å². The van der Waals surface area contributed by atoms with Gasteiger partial charge in [-0.3, -0.25) is 4.79 Å². The summed E-state index contributed by atoms with van der Waals surface area (Å²) in [5, 5.41) is 2.64. The lowest BCUT2D eigenvalue weighted by atomic mass is 10.1. The monoisotopic (exact) mass is 297 g/mol. The molecule has 4 nitrogen and oxygen atoms in total. The van der Waals surface area contributed by atoms with Crippen molar-refractivity contribution in [2.24, 2.45) is 0 Å². The van der Waals surface area contributed by atoms with Crippen LogP contribution in [0.5, 0.6) is 5.75 Å². The molecule has 0 heterocycles. The average molecular weight is 297 g/mol. The Balaban J connectivity index is 2.00. The number of hydrogen-bond acceptors (Lipinski definition) is 3. The highest BCUT2D eigenvalue weighted by atomic mass is 16.5. The Morgan fingerprint density at radius 2 is 1.73 bits per heavy atom. The lowest BCUT2D eigenvalue weighted by Gasteiger charge is -2.14. The molecule has 4 heteroatoms. The summed E-state index contributed by atoms with van der Waals surface area (Å²) in [7, 11) is 0. The van der Waals surface area contributed by atoms with E-state index >= 15 is 0 Å². The maximum absolute atomic E-state index is 12.1. The summed E-state index contributed by atoms with van der Waals surface area (Å²) in [6, 6.07) is 13.7. The van der Waals surface area contributed by atoms with Gasteiger partial charge < -0.3 is 10.1 Å². The van der Waals surface area contributed by atoms with Gasteiger partial charge in [0.2, 0.25) is 0 Å². The molecule has 114 valence electrons. The van der Waals surface area contributed by atoms with Gasteiger partial charge in [0.25, 0.3) is 5.91 Å². The Hall–Kier alpha value is -2.62. The highest BCUT2D eigenvalue weighted by Gasteiger charge is 2.19. The summed E-state index contributed by atoms with van der Waals surface area (Å²) in [5.41, 5.74) is 2.39. The average Bonchev–Trinajstić information content (AvgIpc) is 2.51. The molecular weight excluding hydrogens is 278 g/mol. The fraction of sp³-hybridized carbons (Fsp3) is 0.222. The van der Waals surface area contributed by atoms with Gasteiger partial charge in [-0.2, -0.15) is 0 Å². The van der Waals surface area contributed by atoms with Crippen molar-refractivity contribution in [1.29, 1.82) is 0 Å². The molecule has 0 radical (unpaired) electrons. The Bertz CT molecular complexity index is 680. The van der Waals surface area contributed by atoms with Crippen LogP contribution < -0.4 is 10.1 Å². The second kappa shape index (κ2) is 6.89. The first-order chi connectivity index (χ1) is 10.5. The van der Waals surface area contributed by atoms with Crippen LogP contribution in [-0.2, 0) is 4.79 Å². The van der Waals surface area contributed by atoms with Crippen molar-refractivity contribution in [3.8, 4) is 5.75 Å². The molecule has 1 N–H and O–H groups in total. The van der Waals surface area contributed by atoms with Gasteiger partial charge in [0, 0.05) is 5.56 Å². The SMILES string of the molecule is Cc1ccc(C)c(OC(=O)C(C)NC(=O)c2ccccc2)c1. The van der Waals surface area contributed by atoms with Crippen molar-refractivity contribution >= 4 is 11.9 Å². The predicted molar refractivity (Wildman–Crippen MR) is 84.9 cm³/mol. The summed E-state index contributed by atoms with van der Waals surface area (Å²) < 4.78 is 5.37. The molecular formula is C18H19NO3. The summed E-state index contributed by atoms with van der Waals surface area (Å²) >= 11 is 0. The minimum Gasteiger partial charge on any atom is -0.425 e. The molecule has 0 aliphatic rings. The van der Waals surface area contributed by atoms with E-state index in [1.807, 2.05) is 32.0 Å². The second-order valence-electron chi connectivity index (χ2n) is 5.25. The summed E-state index contributed by atoms with van der Waals surface area (Å²) in [6.45, 7) is 5.40. The van der Waals surface area contributed by atoms with Crippen molar-refractivity contribution in [1.82, 2.24) is 5.32 Å². The van der Waals surface area contributed by atoms with Crippen molar-refractivity contribution in [3.63, 3.8) is 0 Å². The number of ether oxygens (including phenoxy) is 1. The second-order valence-corrected chi connectivity index (χ2v) is 5.25. The zero-order valence-electron chi connectivity index (χ0n) is 12.9. The van der Waals surface area contributed by atoms with Gasteiger partial charge in [-0.05, 0) is 50.1 Å². The highest BCUT2D eigenvalue weighted by Crippen LogP contribution is 2.19. The third kappa shape index (κ3) is 3.95. The van der Waals surface area contributed by atoms with Gasteiger partial charge in [0.1, 0.15) is 11.8 Å². The smallest absolute Gasteiger partial charge is 0.333 e. The Morgan fingerprint density at radius 1 is 1.05 bits per heavy atom. The summed E-state index contributed by atoms with van der Waals surface area (Å²) in [5.74, 6) is -0.269. The van der Waals surface area contributed by atoms with Crippen LogP contribution >= 0.6 is 0 Å². The van der Waals surface area contributed by atoms with E-state index in [1.165, 1.54) is 0 Å². The molecule has 0 fully saturated rings. The zero-order valence-corrected chi connectivity index (χ0v) is 12.9. The predicted octanol–water partition coefficient (Wildman–Crippen LogP) is 3.03. The molecule has 2 aromatic carbocycles. The molecule has 0 bridgehead atoms. The molecule has 1 atom stereocenters. The largest absolute Gasteiger partial charge is 0.425 e. The first-order valence-corrected chi connectivity index (χ1v) is 7.12. The third-order valence-corrected chi connectivity index (χ3v) is 3.29. The van der Waals surface area contributed by atoms with E-state index in [2.05, 4.69) is 5.32 Å². The molecule has 0 aliphatic heterocycles. The van der Waals surface area contributed by atoms with Gasteiger partial charge in [-0.1, -0.05) is 30.3 Å². The molecule has 1 unspecified atom stereocenters. The number of aryl methyl sites for hydroxylation is 2. The quantitative estimate of drug-likeness (QED) is 0.697. The van der Waals surface area contributed by atoms with Crippen LogP contribution in [0.25, 0.3) is 0 Å². The molecule has 22 heavy (non-hydrogen) atoms. The topological polar surface area (TPSA) is 55.4 Å². The van der Waals surface area contributed by atoms with Gasteiger partial charge in [0.15, 0.2) is 0 Å². The number of amides is 1. The molecule has 2 rings (SSSR count). The summed E-state index contributed by atoms with van der Waals surface area (Å²) in [6.07, 6.45) is 0. The van der Waals surface area contributed by atoms with E-state index in [9.17, 15) is 9.59 Å². The Kier molecular flexibility index (Phi) is 4.94. The van der Waals surface area contributed by atoms with Crippen molar-refractivity contribution < 1.29 is 14.3 Å². The van der Waals surface area contributed by atoms with E-state index < -0.39 is 12.0 Å². The molecule has 0 saturated heterocycles. The number of hydrogen-bond donors (Lipinski definition) is 1. The highest BCUT2D eigenvalue weighted by molar-refractivity contribution is 5.96. The molecule has 0 aliphatic carbocycles. The van der Waals surface area contributed by atoms with E-state index in [0.29, 0.717) is 11.3 Å². The molecule has 0 spiro atoms. The van der Waals surface area contributed by atoms with E-state index in [4.69, 9.17) is 4.74 Å². The zero-order chi connectivity index (χ0) is 16.1. The van der Waals surface area contributed by atoms with Crippen molar-refractivity contribution in [2.45, 2.75) is 26.8 Å². The first kappa shape index (κ1) is 15.8. The maximum atomic E-state index is 12.1. The number of carbonyl (C=O) groups is 2. The maximum Gasteiger partial charge on any atom is 0.333 e. The summed E-state index contributed by atoms with van der Waals surface area (Å²) in [4.78, 5) is 24.1. The third-order valence-electron chi connectivity index (χ3n) is 3.29.